The van der Waals surface area contributed by atoms with Gasteiger partial charge in [-0.25, -0.2) is 0 Å². The van der Waals surface area contributed by atoms with E-state index in [9.17, 15) is 4.79 Å². The Balaban J connectivity index is 3.17. The van der Waals surface area contributed by atoms with Crippen molar-refractivity contribution in [2.75, 3.05) is 47.1 Å². The second-order valence-electron chi connectivity index (χ2n) is 3.15. The number of methoxy groups -OCH3 is 2. The van der Waals surface area contributed by atoms with Crippen molar-refractivity contribution in [2.45, 2.75) is 10.3 Å². The van der Waals surface area contributed by atoms with Crippen LogP contribution >= 0.6 is 22.6 Å². The molecule has 0 radical (unpaired) electrons. The molecule has 0 aliphatic carbocycles. The Hall–Kier alpha value is 0.0800. The van der Waals surface area contributed by atoms with Crippen molar-refractivity contribution in [1.82, 2.24) is 5.32 Å². The predicted molar refractivity (Wildman–Crippen MR) is 70.0 cm³/mol. The molecule has 0 aromatic heterocycles. The summed E-state index contributed by atoms with van der Waals surface area (Å²) in [5.41, 5.74) is 0. The lowest BCUT2D eigenvalue weighted by atomic mass is 10.4. The van der Waals surface area contributed by atoms with Gasteiger partial charge in [0, 0.05) is 33.4 Å². The van der Waals surface area contributed by atoms with E-state index in [1.165, 1.54) is 7.11 Å². The van der Waals surface area contributed by atoms with Crippen LogP contribution in [0.2, 0.25) is 0 Å². The molecular weight excluding hydrogens is 325 g/mol. The Morgan fingerprint density at radius 3 is 2.69 bits per heavy atom. The molecule has 0 aromatic rings. The number of hydrogen-bond acceptors (Lipinski definition) is 5. The zero-order valence-electron chi connectivity index (χ0n) is 9.83. The molecule has 0 rings (SSSR count). The first-order valence-electron chi connectivity index (χ1n) is 5.21. The molecule has 16 heavy (non-hydrogen) atoms. The van der Waals surface area contributed by atoms with Crippen molar-refractivity contribution in [3.63, 3.8) is 0 Å². The van der Waals surface area contributed by atoms with Crippen molar-refractivity contribution in [3.8, 4) is 0 Å². The van der Waals surface area contributed by atoms with Crippen LogP contribution in [0.5, 0.6) is 0 Å². The van der Waals surface area contributed by atoms with Crippen LogP contribution in [0.25, 0.3) is 0 Å². The first-order chi connectivity index (χ1) is 7.72. The van der Waals surface area contributed by atoms with Gasteiger partial charge in [0.15, 0.2) is 0 Å². The maximum Gasteiger partial charge on any atom is 0.319 e. The average molecular weight is 345 g/mol. The van der Waals surface area contributed by atoms with Crippen LogP contribution in [0.4, 0.5) is 0 Å². The third-order valence-corrected chi connectivity index (χ3v) is 2.79. The maximum absolute atomic E-state index is 11.0. The molecule has 1 N–H and O–H groups in total. The van der Waals surface area contributed by atoms with Gasteiger partial charge < -0.3 is 19.5 Å². The lowest BCUT2D eigenvalue weighted by Crippen LogP contribution is -2.31. The number of carbonyl (C=O) groups is 1. The summed E-state index contributed by atoms with van der Waals surface area (Å²) >= 11 is 2.05. The second kappa shape index (κ2) is 11.6. The largest absolute Gasteiger partial charge is 0.468 e. The van der Waals surface area contributed by atoms with Gasteiger partial charge in [-0.15, -0.1) is 0 Å². The van der Waals surface area contributed by atoms with Crippen LogP contribution in [0.15, 0.2) is 0 Å². The minimum atomic E-state index is -0.200. The van der Waals surface area contributed by atoms with Crippen molar-refractivity contribution in [3.05, 3.63) is 0 Å². The number of ether oxygens (including phenoxy) is 3. The van der Waals surface area contributed by atoms with Crippen LogP contribution in [0.3, 0.4) is 0 Å². The highest BCUT2D eigenvalue weighted by molar-refractivity contribution is 14.1. The standard InChI is InChI=1S/C10H20INO4/c1-14-5-3-6-16-7-4-12-8-9(11)10(13)15-2/h9,12H,3-8H2,1-2H3. The van der Waals surface area contributed by atoms with Crippen molar-refractivity contribution in [1.29, 1.82) is 0 Å². The van der Waals surface area contributed by atoms with E-state index in [0.717, 1.165) is 19.6 Å². The SMILES string of the molecule is COCCCOCCNCC(I)C(=O)OC. The molecule has 0 saturated carbocycles. The van der Waals surface area contributed by atoms with Gasteiger partial charge in [-0.3, -0.25) is 4.79 Å². The van der Waals surface area contributed by atoms with E-state index in [4.69, 9.17) is 9.47 Å². The summed E-state index contributed by atoms with van der Waals surface area (Å²) in [6.07, 6.45) is 0.910. The van der Waals surface area contributed by atoms with E-state index in [-0.39, 0.29) is 9.89 Å². The van der Waals surface area contributed by atoms with E-state index in [0.29, 0.717) is 19.8 Å². The summed E-state index contributed by atoms with van der Waals surface area (Å²) in [4.78, 5) is 11.0. The van der Waals surface area contributed by atoms with Gasteiger partial charge >= 0.3 is 5.97 Å². The predicted octanol–water partition coefficient (Wildman–Crippen LogP) is 0.606. The Bertz CT molecular complexity index is 180. The van der Waals surface area contributed by atoms with Crippen molar-refractivity contribution >= 4 is 28.6 Å². The molecule has 1 atom stereocenters. The van der Waals surface area contributed by atoms with Gasteiger partial charge in [0.05, 0.1) is 13.7 Å². The molecule has 0 spiro atoms. The maximum atomic E-state index is 11.0. The van der Waals surface area contributed by atoms with Gasteiger partial charge in [-0.2, -0.15) is 0 Å². The van der Waals surface area contributed by atoms with Crippen LogP contribution < -0.4 is 5.32 Å². The Kier molecular flexibility index (Phi) is 11.6. The zero-order valence-corrected chi connectivity index (χ0v) is 12.0. The fourth-order valence-corrected chi connectivity index (χ4v) is 1.56. The summed E-state index contributed by atoms with van der Waals surface area (Å²) in [6.45, 7) is 3.43. The molecule has 96 valence electrons. The van der Waals surface area contributed by atoms with Crippen LogP contribution in [-0.4, -0.2) is 57.0 Å². The molecule has 0 heterocycles. The van der Waals surface area contributed by atoms with Crippen LogP contribution in [0, 0.1) is 0 Å². The molecule has 0 aliphatic heterocycles. The molecule has 0 amide bonds. The molecule has 0 aromatic carbocycles. The quantitative estimate of drug-likeness (QED) is 0.272. The highest BCUT2D eigenvalue weighted by atomic mass is 127. The third-order valence-electron chi connectivity index (χ3n) is 1.84. The number of rotatable bonds is 10. The smallest absolute Gasteiger partial charge is 0.319 e. The molecule has 5 nitrogen and oxygen atoms in total. The number of nitrogens with one attached hydrogen (secondary N) is 1. The first-order valence-corrected chi connectivity index (χ1v) is 6.46. The number of carbonyl (C=O) groups excluding carboxylic acids is 1. The average Bonchev–Trinajstić information content (AvgIpc) is 2.31. The topological polar surface area (TPSA) is 56.8 Å². The normalized spacial score (nSPS) is 12.4. The monoisotopic (exact) mass is 345 g/mol. The number of alkyl halides is 1. The highest BCUT2D eigenvalue weighted by Gasteiger charge is 2.13. The minimum Gasteiger partial charge on any atom is -0.468 e. The molecule has 6 heteroatoms. The van der Waals surface area contributed by atoms with E-state index >= 15 is 0 Å². The molecule has 0 saturated heterocycles. The van der Waals surface area contributed by atoms with E-state index in [2.05, 4.69) is 32.6 Å². The number of hydrogen-bond donors (Lipinski definition) is 1. The zero-order chi connectivity index (χ0) is 12.2. The first kappa shape index (κ1) is 16.1. The van der Waals surface area contributed by atoms with E-state index in [1.807, 2.05) is 0 Å². The van der Waals surface area contributed by atoms with Crippen LogP contribution in [0.1, 0.15) is 6.42 Å². The summed E-state index contributed by atoms with van der Waals surface area (Å²) in [7, 11) is 3.07. The van der Waals surface area contributed by atoms with Gasteiger partial charge in [0.2, 0.25) is 0 Å². The second-order valence-corrected chi connectivity index (χ2v) is 4.66. The van der Waals surface area contributed by atoms with Crippen LogP contribution in [-0.2, 0) is 19.0 Å². The lowest BCUT2D eigenvalue weighted by molar-refractivity contribution is -0.139. The minimum absolute atomic E-state index is 0.143. The Morgan fingerprint density at radius 2 is 2.06 bits per heavy atom. The number of halogens is 1. The van der Waals surface area contributed by atoms with Gasteiger partial charge in [0.1, 0.15) is 3.92 Å². The molecule has 0 aliphatic rings. The summed E-state index contributed by atoms with van der Waals surface area (Å²) in [5.74, 6) is -0.200. The summed E-state index contributed by atoms with van der Waals surface area (Å²) in [5, 5.41) is 3.13. The fraction of sp³-hybridized carbons (Fsp3) is 0.900. The highest BCUT2D eigenvalue weighted by Crippen LogP contribution is 2.00. The molecule has 0 bridgehead atoms. The van der Waals surface area contributed by atoms with E-state index in [1.54, 1.807) is 7.11 Å². The van der Waals surface area contributed by atoms with Gasteiger partial charge in [-0.05, 0) is 6.42 Å². The summed E-state index contributed by atoms with van der Waals surface area (Å²) < 4.78 is 14.7. The van der Waals surface area contributed by atoms with Crippen molar-refractivity contribution in [2.24, 2.45) is 0 Å². The molecule has 1 unspecified atom stereocenters. The Morgan fingerprint density at radius 1 is 1.31 bits per heavy atom. The van der Waals surface area contributed by atoms with Crippen molar-refractivity contribution < 1.29 is 19.0 Å². The fourth-order valence-electron chi connectivity index (χ4n) is 0.992. The van der Waals surface area contributed by atoms with E-state index < -0.39 is 0 Å². The third kappa shape index (κ3) is 9.32. The Labute approximate surface area is 110 Å². The molecule has 0 fully saturated rings. The van der Waals surface area contributed by atoms with Gasteiger partial charge in [0.25, 0.3) is 0 Å². The number of esters is 1. The molecular formula is C10H20INO4. The lowest BCUT2D eigenvalue weighted by Gasteiger charge is -2.09. The summed E-state index contributed by atoms with van der Waals surface area (Å²) in [6, 6.07) is 0. The van der Waals surface area contributed by atoms with Gasteiger partial charge in [-0.1, -0.05) is 22.6 Å².